The fourth-order valence-corrected chi connectivity index (χ4v) is 1.64. The topological polar surface area (TPSA) is 87.0 Å². The van der Waals surface area contributed by atoms with E-state index >= 15 is 0 Å². The van der Waals surface area contributed by atoms with Crippen molar-refractivity contribution < 1.29 is 24.9 Å². The van der Waals surface area contributed by atoms with Crippen molar-refractivity contribution in [3.8, 4) is 5.75 Å². The van der Waals surface area contributed by atoms with Gasteiger partial charge >= 0.3 is 5.97 Å². The number of aliphatic carboxylic acids is 1. The minimum absolute atomic E-state index is 0.0987. The Morgan fingerprint density at radius 2 is 2.06 bits per heavy atom. The molecule has 0 spiro atoms. The summed E-state index contributed by atoms with van der Waals surface area (Å²) in [5.41, 5.74) is 0.230. The number of carboxylic acid groups (broad SMARTS) is 1. The first kappa shape index (κ1) is 15.0. The highest BCUT2D eigenvalue weighted by Gasteiger charge is 2.21. The van der Waals surface area contributed by atoms with Crippen LogP contribution in [0.3, 0.4) is 0 Å². The maximum Gasteiger partial charge on any atom is 0.341 e. The third-order valence-corrected chi connectivity index (χ3v) is 2.72. The van der Waals surface area contributed by atoms with Gasteiger partial charge in [-0.3, -0.25) is 0 Å². The quantitative estimate of drug-likeness (QED) is 0.691. The monoisotopic (exact) mass is 294 g/mol. The number of carbonyl (C=O) groups is 1. The first-order valence-corrected chi connectivity index (χ1v) is 5.93. The summed E-state index contributed by atoms with van der Waals surface area (Å²) in [5.74, 6) is -1.22. The Labute approximate surface area is 114 Å². The first-order valence-electron chi connectivity index (χ1n) is 5.02. The van der Waals surface area contributed by atoms with Crippen LogP contribution in [0.4, 0.5) is 0 Å². The SMILES string of the molecule is O=C(O)COc1cc(Cl)ccc1C(O)C(O)CCl. The summed E-state index contributed by atoms with van der Waals surface area (Å²) in [4.78, 5) is 10.4. The molecule has 0 aliphatic carbocycles. The molecule has 0 amide bonds. The number of hydrogen-bond acceptors (Lipinski definition) is 4. The molecule has 0 radical (unpaired) electrons. The first-order chi connectivity index (χ1) is 8.45. The Hall–Kier alpha value is -1.01. The molecule has 7 heteroatoms. The fourth-order valence-electron chi connectivity index (χ4n) is 1.31. The normalized spacial score (nSPS) is 14.0. The summed E-state index contributed by atoms with van der Waals surface area (Å²) in [6.07, 6.45) is -2.46. The third kappa shape index (κ3) is 4.03. The third-order valence-electron chi connectivity index (χ3n) is 2.17. The molecule has 0 aliphatic heterocycles. The van der Waals surface area contributed by atoms with E-state index < -0.39 is 24.8 Å². The predicted octanol–water partition coefficient (Wildman–Crippen LogP) is 1.44. The maximum absolute atomic E-state index is 10.4. The molecule has 3 N–H and O–H groups in total. The summed E-state index contributed by atoms with van der Waals surface area (Å²) in [7, 11) is 0. The number of aliphatic hydroxyl groups excluding tert-OH is 2. The van der Waals surface area contributed by atoms with E-state index in [0.717, 1.165) is 0 Å². The minimum Gasteiger partial charge on any atom is -0.481 e. The lowest BCUT2D eigenvalue weighted by atomic mass is 10.0. The van der Waals surface area contributed by atoms with Crippen molar-refractivity contribution in [2.45, 2.75) is 12.2 Å². The second-order valence-corrected chi connectivity index (χ2v) is 4.28. The van der Waals surface area contributed by atoms with Gasteiger partial charge in [-0.1, -0.05) is 17.7 Å². The molecule has 100 valence electrons. The van der Waals surface area contributed by atoms with E-state index in [4.69, 9.17) is 33.0 Å². The molecular formula is C11H12Cl2O5. The van der Waals surface area contributed by atoms with Crippen LogP contribution in [0.1, 0.15) is 11.7 Å². The van der Waals surface area contributed by atoms with Crippen molar-refractivity contribution in [3.05, 3.63) is 28.8 Å². The second kappa shape index (κ2) is 6.80. The molecule has 18 heavy (non-hydrogen) atoms. The Kier molecular flexibility index (Phi) is 5.68. The summed E-state index contributed by atoms with van der Waals surface area (Å²) in [5, 5.41) is 28.1. The van der Waals surface area contributed by atoms with E-state index in [0.29, 0.717) is 5.02 Å². The smallest absolute Gasteiger partial charge is 0.341 e. The van der Waals surface area contributed by atoms with Crippen molar-refractivity contribution in [2.75, 3.05) is 12.5 Å². The lowest BCUT2D eigenvalue weighted by Gasteiger charge is -2.19. The Balaban J connectivity index is 2.98. The number of benzene rings is 1. The van der Waals surface area contributed by atoms with E-state index in [1.54, 1.807) is 0 Å². The highest BCUT2D eigenvalue weighted by Crippen LogP contribution is 2.30. The molecule has 0 aliphatic rings. The number of aliphatic hydroxyl groups is 2. The van der Waals surface area contributed by atoms with Crippen LogP contribution >= 0.6 is 23.2 Å². The van der Waals surface area contributed by atoms with E-state index in [1.807, 2.05) is 0 Å². The highest BCUT2D eigenvalue weighted by atomic mass is 35.5. The summed E-state index contributed by atoms with van der Waals surface area (Å²) in [6, 6.07) is 4.30. The molecule has 2 unspecified atom stereocenters. The molecule has 0 bridgehead atoms. The van der Waals surface area contributed by atoms with E-state index in [-0.39, 0.29) is 17.2 Å². The lowest BCUT2D eigenvalue weighted by molar-refractivity contribution is -0.139. The van der Waals surface area contributed by atoms with Gasteiger partial charge in [0.25, 0.3) is 0 Å². The van der Waals surface area contributed by atoms with Gasteiger partial charge in [-0.25, -0.2) is 4.79 Å². The van der Waals surface area contributed by atoms with Gasteiger partial charge in [-0.05, 0) is 12.1 Å². The van der Waals surface area contributed by atoms with Gasteiger partial charge in [-0.2, -0.15) is 0 Å². The number of ether oxygens (including phenoxy) is 1. The fraction of sp³-hybridized carbons (Fsp3) is 0.364. The van der Waals surface area contributed by atoms with Gasteiger partial charge in [0, 0.05) is 10.6 Å². The van der Waals surface area contributed by atoms with E-state index in [9.17, 15) is 15.0 Å². The Bertz CT molecular complexity index is 424. The van der Waals surface area contributed by atoms with Crippen LogP contribution in [0.15, 0.2) is 18.2 Å². The van der Waals surface area contributed by atoms with Gasteiger partial charge in [0.05, 0.1) is 12.0 Å². The van der Waals surface area contributed by atoms with E-state index in [2.05, 4.69) is 0 Å². The molecule has 0 aromatic heterocycles. The molecule has 1 aromatic rings. The van der Waals surface area contributed by atoms with Gasteiger partial charge in [0.1, 0.15) is 11.9 Å². The second-order valence-electron chi connectivity index (χ2n) is 3.53. The number of halogens is 2. The summed E-state index contributed by atoms with van der Waals surface area (Å²) < 4.78 is 5.00. The molecule has 2 atom stereocenters. The average Bonchev–Trinajstić information content (AvgIpc) is 2.34. The number of rotatable bonds is 6. The molecule has 1 rings (SSSR count). The van der Waals surface area contributed by atoms with Crippen molar-refractivity contribution in [1.29, 1.82) is 0 Å². The van der Waals surface area contributed by atoms with Crippen molar-refractivity contribution in [3.63, 3.8) is 0 Å². The lowest BCUT2D eigenvalue weighted by Crippen LogP contribution is -2.21. The largest absolute Gasteiger partial charge is 0.481 e. The van der Waals surface area contributed by atoms with Crippen molar-refractivity contribution >= 4 is 29.2 Å². The van der Waals surface area contributed by atoms with Crippen LogP contribution in [0.2, 0.25) is 5.02 Å². The molecule has 0 saturated heterocycles. The van der Waals surface area contributed by atoms with Crippen LogP contribution in [0, 0.1) is 0 Å². The average molecular weight is 295 g/mol. The summed E-state index contributed by atoms with van der Waals surface area (Å²) >= 11 is 11.2. The Morgan fingerprint density at radius 3 is 2.61 bits per heavy atom. The molecular weight excluding hydrogens is 283 g/mol. The minimum atomic E-state index is -1.27. The van der Waals surface area contributed by atoms with Crippen molar-refractivity contribution in [2.24, 2.45) is 0 Å². The predicted molar refractivity (Wildman–Crippen MR) is 66.3 cm³/mol. The number of carboxylic acids is 1. The standard InChI is InChI=1S/C11H12Cl2O5/c12-4-8(14)11(17)7-2-1-6(13)3-9(7)18-5-10(15)16/h1-3,8,11,14,17H,4-5H2,(H,15,16). The van der Waals surface area contributed by atoms with Crippen LogP contribution in [0.5, 0.6) is 5.75 Å². The number of hydrogen-bond donors (Lipinski definition) is 3. The van der Waals surface area contributed by atoms with Crippen LogP contribution in [-0.2, 0) is 4.79 Å². The zero-order valence-corrected chi connectivity index (χ0v) is 10.7. The molecule has 0 heterocycles. The van der Waals surface area contributed by atoms with Gasteiger partial charge in [0.2, 0.25) is 0 Å². The molecule has 0 saturated carbocycles. The number of alkyl halides is 1. The van der Waals surface area contributed by atoms with Crippen LogP contribution in [0.25, 0.3) is 0 Å². The molecule has 5 nitrogen and oxygen atoms in total. The maximum atomic E-state index is 10.4. The zero-order chi connectivity index (χ0) is 13.7. The van der Waals surface area contributed by atoms with Crippen LogP contribution in [-0.4, -0.2) is 39.9 Å². The highest BCUT2D eigenvalue weighted by molar-refractivity contribution is 6.30. The van der Waals surface area contributed by atoms with Gasteiger partial charge < -0.3 is 20.1 Å². The van der Waals surface area contributed by atoms with Gasteiger partial charge in [-0.15, -0.1) is 11.6 Å². The van der Waals surface area contributed by atoms with Crippen LogP contribution < -0.4 is 4.74 Å². The van der Waals surface area contributed by atoms with E-state index in [1.165, 1.54) is 18.2 Å². The molecule has 0 fully saturated rings. The zero-order valence-electron chi connectivity index (χ0n) is 9.22. The summed E-state index contributed by atoms with van der Waals surface area (Å²) in [6.45, 7) is -0.572. The van der Waals surface area contributed by atoms with Crippen molar-refractivity contribution in [1.82, 2.24) is 0 Å². The Morgan fingerprint density at radius 1 is 1.39 bits per heavy atom. The molecule has 1 aromatic carbocycles. The van der Waals surface area contributed by atoms with Gasteiger partial charge in [0.15, 0.2) is 6.61 Å².